The number of benzene rings is 2. The summed E-state index contributed by atoms with van der Waals surface area (Å²) in [6.45, 7) is 6.86. The summed E-state index contributed by atoms with van der Waals surface area (Å²) in [6.07, 6.45) is 0. The summed E-state index contributed by atoms with van der Waals surface area (Å²) in [6, 6.07) is 16.2. The Morgan fingerprint density at radius 2 is 1.70 bits per heavy atom. The minimum absolute atomic E-state index is 0.590. The molecule has 0 heterocycles. The first-order valence-corrected chi connectivity index (χ1v) is 6.91. The first-order valence-electron chi connectivity index (χ1n) is 6.91. The predicted octanol–water partition coefficient (Wildman–Crippen LogP) is 3.94. The zero-order valence-corrected chi connectivity index (χ0v) is 12.4. The third kappa shape index (κ3) is 3.92. The molecule has 0 atom stereocenters. The van der Waals surface area contributed by atoms with Crippen molar-refractivity contribution >= 4 is 0 Å². The maximum Gasteiger partial charge on any atom is 0.0840 e. The van der Waals surface area contributed by atoms with E-state index in [4.69, 9.17) is 4.74 Å². The van der Waals surface area contributed by atoms with Gasteiger partial charge in [0.15, 0.2) is 0 Å². The number of aliphatic hydroxyl groups is 1. The van der Waals surface area contributed by atoms with Crippen LogP contribution >= 0.6 is 0 Å². The quantitative estimate of drug-likeness (QED) is 0.891. The third-order valence-corrected chi connectivity index (χ3v) is 3.42. The van der Waals surface area contributed by atoms with Gasteiger partial charge in [0, 0.05) is 0 Å². The Kier molecular flexibility index (Phi) is 4.58. The molecule has 2 aromatic carbocycles. The molecule has 0 aliphatic carbocycles. The molecule has 0 amide bonds. The Morgan fingerprint density at radius 3 is 2.30 bits per heavy atom. The van der Waals surface area contributed by atoms with Gasteiger partial charge in [-0.15, -0.1) is 0 Å². The van der Waals surface area contributed by atoms with Crippen molar-refractivity contribution in [3.8, 4) is 0 Å². The van der Waals surface area contributed by atoms with Crippen LogP contribution in [0.4, 0.5) is 0 Å². The van der Waals surface area contributed by atoms with Crippen molar-refractivity contribution < 1.29 is 9.84 Å². The average molecular weight is 270 g/mol. The van der Waals surface area contributed by atoms with Gasteiger partial charge in [-0.05, 0) is 43.0 Å². The highest BCUT2D eigenvalue weighted by Gasteiger charge is 2.16. The zero-order chi connectivity index (χ0) is 14.6. The summed E-state index contributed by atoms with van der Waals surface area (Å²) in [5.41, 5.74) is 3.63. The smallest absolute Gasteiger partial charge is 0.0840 e. The number of hydrogen-bond acceptors (Lipinski definition) is 2. The highest BCUT2D eigenvalue weighted by Crippen LogP contribution is 2.22. The van der Waals surface area contributed by atoms with Gasteiger partial charge >= 0.3 is 0 Å². The number of rotatable bonds is 5. The lowest BCUT2D eigenvalue weighted by Gasteiger charge is -2.19. The van der Waals surface area contributed by atoms with E-state index in [-0.39, 0.29) is 0 Å². The van der Waals surface area contributed by atoms with Crippen molar-refractivity contribution in [2.24, 2.45) is 0 Å². The molecule has 0 radical (unpaired) electrons. The fourth-order valence-electron chi connectivity index (χ4n) is 2.09. The zero-order valence-electron chi connectivity index (χ0n) is 12.4. The van der Waals surface area contributed by atoms with Gasteiger partial charge in [-0.1, -0.05) is 48.5 Å². The highest BCUT2D eigenvalue weighted by atomic mass is 16.5. The topological polar surface area (TPSA) is 29.5 Å². The number of ether oxygens (including phenoxy) is 1. The molecule has 0 saturated heterocycles. The van der Waals surface area contributed by atoms with E-state index in [1.165, 1.54) is 5.56 Å². The van der Waals surface area contributed by atoms with Crippen LogP contribution in [0.3, 0.4) is 0 Å². The molecule has 0 fully saturated rings. The van der Waals surface area contributed by atoms with Gasteiger partial charge in [-0.3, -0.25) is 0 Å². The molecule has 0 bridgehead atoms. The molecule has 20 heavy (non-hydrogen) atoms. The van der Waals surface area contributed by atoms with E-state index in [1.807, 2.05) is 36.4 Å². The molecule has 2 nitrogen and oxygen atoms in total. The monoisotopic (exact) mass is 270 g/mol. The fraction of sp³-hybridized carbons (Fsp3) is 0.333. The summed E-state index contributed by atoms with van der Waals surface area (Å²) in [5.74, 6) is 0. The minimum atomic E-state index is -0.797. The van der Waals surface area contributed by atoms with E-state index in [9.17, 15) is 5.11 Å². The Morgan fingerprint density at radius 1 is 1.00 bits per heavy atom. The Labute approximate surface area is 121 Å². The van der Waals surface area contributed by atoms with E-state index in [0.29, 0.717) is 13.2 Å². The van der Waals surface area contributed by atoms with Gasteiger partial charge in [-0.2, -0.15) is 0 Å². The average Bonchev–Trinajstić information content (AvgIpc) is 2.40. The van der Waals surface area contributed by atoms with Gasteiger partial charge in [0.2, 0.25) is 0 Å². The Balaban J connectivity index is 1.97. The fourth-order valence-corrected chi connectivity index (χ4v) is 2.09. The van der Waals surface area contributed by atoms with Gasteiger partial charge < -0.3 is 9.84 Å². The molecule has 2 rings (SSSR count). The Bertz CT molecular complexity index is 553. The van der Waals surface area contributed by atoms with Crippen LogP contribution in [-0.2, 0) is 23.6 Å². The van der Waals surface area contributed by atoms with Crippen LogP contribution in [0.1, 0.15) is 36.1 Å². The third-order valence-electron chi connectivity index (χ3n) is 3.42. The molecule has 2 heteroatoms. The van der Waals surface area contributed by atoms with Crippen LogP contribution in [0, 0.1) is 6.92 Å². The maximum absolute atomic E-state index is 10.00. The van der Waals surface area contributed by atoms with Crippen LogP contribution in [-0.4, -0.2) is 5.11 Å². The van der Waals surface area contributed by atoms with E-state index in [1.54, 1.807) is 13.8 Å². The molecule has 106 valence electrons. The summed E-state index contributed by atoms with van der Waals surface area (Å²) >= 11 is 0. The van der Waals surface area contributed by atoms with Gasteiger partial charge in [0.1, 0.15) is 0 Å². The van der Waals surface area contributed by atoms with Crippen LogP contribution in [0.2, 0.25) is 0 Å². The molecule has 0 saturated carbocycles. The summed E-state index contributed by atoms with van der Waals surface area (Å²) in [4.78, 5) is 0. The van der Waals surface area contributed by atoms with Crippen LogP contribution in [0.15, 0.2) is 48.5 Å². The van der Waals surface area contributed by atoms with Gasteiger partial charge in [-0.25, -0.2) is 0 Å². The van der Waals surface area contributed by atoms with Gasteiger partial charge in [0.05, 0.1) is 18.8 Å². The molecule has 0 aliphatic rings. The lowest BCUT2D eigenvalue weighted by molar-refractivity contribution is 0.0782. The van der Waals surface area contributed by atoms with E-state index in [2.05, 4.69) is 19.1 Å². The van der Waals surface area contributed by atoms with Crippen molar-refractivity contribution in [3.05, 3.63) is 70.8 Å². The Hall–Kier alpha value is -1.64. The van der Waals surface area contributed by atoms with Crippen molar-refractivity contribution in [2.75, 3.05) is 0 Å². The molecule has 0 spiro atoms. The number of hydrogen-bond donors (Lipinski definition) is 1. The maximum atomic E-state index is 10.00. The second kappa shape index (κ2) is 6.21. The standard InChI is InChI=1S/C18H22O2/c1-14-11-17(18(2,3)19)10-9-16(14)13-20-12-15-7-5-4-6-8-15/h4-11,19H,12-13H2,1-3H3. The first kappa shape index (κ1) is 14.8. The summed E-state index contributed by atoms with van der Waals surface area (Å²) in [5, 5.41) is 10.00. The van der Waals surface area contributed by atoms with E-state index < -0.39 is 5.60 Å². The second-order valence-corrected chi connectivity index (χ2v) is 5.68. The van der Waals surface area contributed by atoms with Crippen molar-refractivity contribution in [2.45, 2.75) is 39.6 Å². The summed E-state index contributed by atoms with van der Waals surface area (Å²) in [7, 11) is 0. The number of aryl methyl sites for hydroxylation is 1. The minimum Gasteiger partial charge on any atom is -0.386 e. The molecule has 0 aromatic heterocycles. The summed E-state index contributed by atoms with van der Waals surface area (Å²) < 4.78 is 5.75. The normalized spacial score (nSPS) is 11.6. The predicted molar refractivity (Wildman–Crippen MR) is 81.4 cm³/mol. The van der Waals surface area contributed by atoms with E-state index in [0.717, 1.165) is 16.7 Å². The first-order chi connectivity index (χ1) is 9.47. The molecule has 2 aromatic rings. The molecule has 0 aliphatic heterocycles. The largest absolute Gasteiger partial charge is 0.386 e. The molecule has 0 unspecified atom stereocenters. The molecular weight excluding hydrogens is 248 g/mol. The lowest BCUT2D eigenvalue weighted by Crippen LogP contribution is -2.15. The van der Waals surface area contributed by atoms with Gasteiger partial charge in [0.25, 0.3) is 0 Å². The highest BCUT2D eigenvalue weighted by molar-refractivity contribution is 5.33. The van der Waals surface area contributed by atoms with E-state index >= 15 is 0 Å². The van der Waals surface area contributed by atoms with Crippen LogP contribution < -0.4 is 0 Å². The van der Waals surface area contributed by atoms with Crippen molar-refractivity contribution in [1.82, 2.24) is 0 Å². The van der Waals surface area contributed by atoms with Crippen molar-refractivity contribution in [3.63, 3.8) is 0 Å². The second-order valence-electron chi connectivity index (χ2n) is 5.68. The van der Waals surface area contributed by atoms with Crippen LogP contribution in [0.5, 0.6) is 0 Å². The lowest BCUT2D eigenvalue weighted by atomic mass is 9.95. The van der Waals surface area contributed by atoms with Crippen LogP contribution in [0.25, 0.3) is 0 Å². The molecular formula is C18H22O2. The van der Waals surface area contributed by atoms with Crippen molar-refractivity contribution in [1.29, 1.82) is 0 Å². The molecule has 1 N–H and O–H groups in total. The SMILES string of the molecule is Cc1cc(C(C)(C)O)ccc1COCc1ccccc1.